The lowest BCUT2D eigenvalue weighted by atomic mass is 9.63. The largest absolute Gasteiger partial charge is 0.496 e. The summed E-state index contributed by atoms with van der Waals surface area (Å²) >= 11 is 0. The normalized spacial score (nSPS) is 16.9. The van der Waals surface area contributed by atoms with E-state index in [1.807, 2.05) is 6.07 Å². The zero-order valence-electron chi connectivity index (χ0n) is 11.8. The fourth-order valence-corrected chi connectivity index (χ4v) is 2.75. The lowest BCUT2D eigenvalue weighted by molar-refractivity contribution is -0.130. The fourth-order valence-electron chi connectivity index (χ4n) is 2.75. The van der Waals surface area contributed by atoms with E-state index < -0.39 is 5.41 Å². The maximum absolute atomic E-state index is 12.2. The highest BCUT2D eigenvalue weighted by Crippen LogP contribution is 2.47. The molecule has 0 heterocycles. The Morgan fingerprint density at radius 3 is 2.53 bits per heavy atom. The highest BCUT2D eigenvalue weighted by molar-refractivity contribution is 5.89. The number of amides is 1. The van der Waals surface area contributed by atoms with E-state index in [9.17, 15) is 4.79 Å². The Bertz CT molecular complexity index is 479. The van der Waals surface area contributed by atoms with E-state index in [1.165, 1.54) is 5.56 Å². The minimum atomic E-state index is -0.509. The van der Waals surface area contributed by atoms with Gasteiger partial charge in [0, 0.05) is 5.56 Å². The molecule has 1 aromatic carbocycles. The number of methoxy groups -OCH3 is 1. The molecular weight excluding hydrogens is 240 g/mol. The van der Waals surface area contributed by atoms with Crippen molar-refractivity contribution in [3.05, 3.63) is 29.3 Å². The predicted octanol–water partition coefficient (Wildman–Crippen LogP) is 2.23. The average Bonchev–Trinajstić information content (AvgIpc) is 2.36. The molecule has 19 heavy (non-hydrogen) atoms. The van der Waals surface area contributed by atoms with Crippen LogP contribution in [0.4, 0.5) is 0 Å². The smallest absolute Gasteiger partial charge is 0.244 e. The van der Waals surface area contributed by atoms with E-state index in [-0.39, 0.29) is 5.91 Å². The first-order valence-corrected chi connectivity index (χ1v) is 6.74. The molecule has 1 fully saturated rings. The number of hydrogen-bond donors (Lipinski definition) is 2. The number of hydrazine groups is 1. The molecule has 0 spiro atoms. The Kier molecular flexibility index (Phi) is 3.80. The van der Waals surface area contributed by atoms with E-state index in [4.69, 9.17) is 10.6 Å². The molecule has 4 heteroatoms. The Hall–Kier alpha value is -1.55. The summed E-state index contributed by atoms with van der Waals surface area (Å²) in [5.41, 5.74) is 3.99. The molecule has 1 aromatic rings. The molecule has 0 aromatic heterocycles. The van der Waals surface area contributed by atoms with Gasteiger partial charge in [-0.15, -0.1) is 0 Å². The lowest BCUT2D eigenvalue weighted by Crippen LogP contribution is -2.51. The average molecular weight is 262 g/mol. The van der Waals surface area contributed by atoms with Gasteiger partial charge in [0.2, 0.25) is 5.91 Å². The van der Waals surface area contributed by atoms with Crippen LogP contribution in [0.5, 0.6) is 5.75 Å². The summed E-state index contributed by atoms with van der Waals surface area (Å²) in [6.45, 7) is 4.28. The van der Waals surface area contributed by atoms with Crippen LogP contribution < -0.4 is 16.0 Å². The highest BCUT2D eigenvalue weighted by atomic mass is 16.5. The number of ether oxygens (including phenoxy) is 1. The molecule has 0 radical (unpaired) electrons. The van der Waals surface area contributed by atoms with Crippen LogP contribution >= 0.6 is 0 Å². The summed E-state index contributed by atoms with van der Waals surface area (Å²) in [4.78, 5) is 12.2. The number of benzene rings is 1. The van der Waals surface area contributed by atoms with Crippen LogP contribution in [0.2, 0.25) is 0 Å². The third-order valence-corrected chi connectivity index (χ3v) is 4.18. The summed E-state index contributed by atoms with van der Waals surface area (Å²) in [6.07, 6.45) is 2.70. The molecule has 0 aliphatic heterocycles. The van der Waals surface area contributed by atoms with Crippen molar-refractivity contribution < 1.29 is 9.53 Å². The molecule has 1 aliphatic carbocycles. The van der Waals surface area contributed by atoms with Gasteiger partial charge in [-0.2, -0.15) is 0 Å². The number of nitrogens with two attached hydrogens (primary N) is 1. The molecule has 104 valence electrons. The number of rotatable bonds is 4. The minimum Gasteiger partial charge on any atom is -0.496 e. The van der Waals surface area contributed by atoms with Crippen LogP contribution in [0.1, 0.15) is 50.2 Å². The summed E-state index contributed by atoms with van der Waals surface area (Å²) in [5.74, 6) is 6.43. The molecular formula is C15H22N2O2. The van der Waals surface area contributed by atoms with E-state index in [2.05, 4.69) is 31.4 Å². The molecule has 1 aliphatic rings. The Labute approximate surface area is 114 Å². The van der Waals surface area contributed by atoms with Crippen molar-refractivity contribution in [3.63, 3.8) is 0 Å². The first kappa shape index (κ1) is 13.9. The summed E-state index contributed by atoms with van der Waals surface area (Å²) in [7, 11) is 1.64. The van der Waals surface area contributed by atoms with Gasteiger partial charge >= 0.3 is 0 Å². The highest BCUT2D eigenvalue weighted by Gasteiger charge is 2.47. The van der Waals surface area contributed by atoms with Gasteiger partial charge in [-0.1, -0.05) is 32.4 Å². The van der Waals surface area contributed by atoms with Gasteiger partial charge in [0.05, 0.1) is 12.5 Å². The van der Waals surface area contributed by atoms with Gasteiger partial charge in [0.1, 0.15) is 5.75 Å². The van der Waals surface area contributed by atoms with Gasteiger partial charge < -0.3 is 4.74 Å². The van der Waals surface area contributed by atoms with Crippen LogP contribution in [-0.2, 0) is 10.2 Å². The minimum absolute atomic E-state index is 0.113. The molecule has 2 rings (SSSR count). The number of carbonyl (C=O) groups excluding carboxylic acids is 1. The van der Waals surface area contributed by atoms with Crippen molar-refractivity contribution in [2.75, 3.05) is 7.11 Å². The molecule has 0 bridgehead atoms. The van der Waals surface area contributed by atoms with Crippen LogP contribution in [0.15, 0.2) is 18.2 Å². The SMILES string of the molecule is COc1ccc(C(C)C)cc1C1(C(=O)NN)CCC1. The third kappa shape index (κ3) is 2.21. The number of carbonyl (C=O) groups is 1. The fraction of sp³-hybridized carbons (Fsp3) is 0.533. The quantitative estimate of drug-likeness (QED) is 0.497. The first-order valence-electron chi connectivity index (χ1n) is 6.74. The monoisotopic (exact) mass is 262 g/mol. The first-order chi connectivity index (χ1) is 9.05. The van der Waals surface area contributed by atoms with E-state index in [0.29, 0.717) is 5.92 Å². The second-order valence-corrected chi connectivity index (χ2v) is 5.52. The van der Waals surface area contributed by atoms with Crippen molar-refractivity contribution in [2.45, 2.75) is 44.4 Å². The van der Waals surface area contributed by atoms with Crippen LogP contribution in [-0.4, -0.2) is 13.0 Å². The van der Waals surface area contributed by atoms with Gasteiger partial charge in [0.25, 0.3) is 0 Å². The topological polar surface area (TPSA) is 64.3 Å². The van der Waals surface area contributed by atoms with Gasteiger partial charge in [-0.05, 0) is 30.4 Å². The van der Waals surface area contributed by atoms with Gasteiger partial charge in [0.15, 0.2) is 0 Å². The van der Waals surface area contributed by atoms with Crippen molar-refractivity contribution in [1.29, 1.82) is 0 Å². The van der Waals surface area contributed by atoms with Crippen molar-refractivity contribution in [2.24, 2.45) is 5.84 Å². The standard InChI is InChI=1S/C15H22N2O2/c1-10(2)11-5-6-13(19-3)12(9-11)15(7-4-8-15)14(18)17-16/h5-6,9-10H,4,7-8,16H2,1-3H3,(H,17,18). The molecule has 3 N–H and O–H groups in total. The second-order valence-electron chi connectivity index (χ2n) is 5.52. The molecule has 1 saturated carbocycles. The van der Waals surface area contributed by atoms with Gasteiger partial charge in [-0.25, -0.2) is 5.84 Å². The second kappa shape index (κ2) is 5.21. The molecule has 1 amide bonds. The summed E-state index contributed by atoms with van der Waals surface area (Å²) in [6, 6.07) is 6.10. The van der Waals surface area contributed by atoms with Crippen molar-refractivity contribution >= 4 is 5.91 Å². The Morgan fingerprint density at radius 2 is 2.11 bits per heavy atom. The molecule has 0 saturated heterocycles. The maximum Gasteiger partial charge on any atom is 0.244 e. The van der Waals surface area contributed by atoms with Crippen LogP contribution in [0.25, 0.3) is 0 Å². The van der Waals surface area contributed by atoms with Crippen LogP contribution in [0.3, 0.4) is 0 Å². The molecule has 0 atom stereocenters. The zero-order valence-corrected chi connectivity index (χ0v) is 11.8. The van der Waals surface area contributed by atoms with Crippen molar-refractivity contribution in [3.8, 4) is 5.75 Å². The Balaban J connectivity index is 2.52. The summed E-state index contributed by atoms with van der Waals surface area (Å²) in [5, 5.41) is 0. The number of hydrogen-bond acceptors (Lipinski definition) is 3. The van der Waals surface area contributed by atoms with Crippen LogP contribution in [0, 0.1) is 0 Å². The van der Waals surface area contributed by atoms with Crippen molar-refractivity contribution in [1.82, 2.24) is 5.43 Å². The molecule has 4 nitrogen and oxygen atoms in total. The third-order valence-electron chi connectivity index (χ3n) is 4.18. The Morgan fingerprint density at radius 1 is 1.42 bits per heavy atom. The van der Waals surface area contributed by atoms with Gasteiger partial charge in [-0.3, -0.25) is 10.2 Å². The lowest BCUT2D eigenvalue weighted by Gasteiger charge is -2.41. The zero-order chi connectivity index (χ0) is 14.0. The van der Waals surface area contributed by atoms with E-state index >= 15 is 0 Å². The summed E-state index contributed by atoms with van der Waals surface area (Å²) < 4.78 is 5.44. The number of nitrogens with one attached hydrogen (secondary N) is 1. The predicted molar refractivity (Wildman–Crippen MR) is 74.9 cm³/mol. The maximum atomic E-state index is 12.2. The van der Waals surface area contributed by atoms with E-state index in [1.54, 1.807) is 7.11 Å². The van der Waals surface area contributed by atoms with E-state index in [0.717, 1.165) is 30.6 Å². The molecule has 0 unspecified atom stereocenters.